The molecule has 1 heterocycles. The zero-order chi connectivity index (χ0) is 16.3. The lowest BCUT2D eigenvalue weighted by Gasteiger charge is -2.13. The van der Waals surface area contributed by atoms with Crippen LogP contribution in [0.25, 0.3) is 0 Å². The molecule has 5 nitrogen and oxygen atoms in total. The highest BCUT2D eigenvalue weighted by Crippen LogP contribution is 2.21. The Kier molecular flexibility index (Phi) is 4.12. The van der Waals surface area contributed by atoms with Crippen LogP contribution in [0.4, 0.5) is 10.1 Å². The number of aromatic nitrogens is 2. The van der Waals surface area contributed by atoms with Gasteiger partial charge in [-0.3, -0.25) is 9.40 Å². The van der Waals surface area contributed by atoms with Crippen molar-refractivity contribution >= 4 is 15.7 Å². The van der Waals surface area contributed by atoms with Gasteiger partial charge in [0.05, 0.1) is 17.1 Å². The number of rotatable bonds is 5. The van der Waals surface area contributed by atoms with Crippen molar-refractivity contribution in [2.45, 2.75) is 11.4 Å². The summed E-state index contributed by atoms with van der Waals surface area (Å²) in [6.45, 7) is 0.440. The summed E-state index contributed by atoms with van der Waals surface area (Å²) in [6.07, 6.45) is 3.45. The number of anilines is 1. The van der Waals surface area contributed by atoms with Crippen molar-refractivity contribution in [1.29, 1.82) is 0 Å². The van der Waals surface area contributed by atoms with Crippen LogP contribution in [0.15, 0.2) is 71.9 Å². The van der Waals surface area contributed by atoms with E-state index in [0.717, 1.165) is 17.7 Å². The molecule has 1 N–H and O–H groups in total. The van der Waals surface area contributed by atoms with E-state index in [1.54, 1.807) is 35.3 Å². The van der Waals surface area contributed by atoms with E-state index >= 15 is 0 Å². The molecule has 7 heteroatoms. The smallest absolute Gasteiger partial charge is 0.261 e. The molecule has 0 radical (unpaired) electrons. The fraction of sp³-hybridized carbons (Fsp3) is 0.0625. The van der Waals surface area contributed by atoms with E-state index in [1.165, 1.54) is 12.1 Å². The van der Waals surface area contributed by atoms with Crippen LogP contribution in [-0.2, 0) is 16.6 Å². The number of nitrogens with zero attached hydrogens (tertiary/aromatic N) is 2. The van der Waals surface area contributed by atoms with Crippen LogP contribution in [0.1, 0.15) is 5.56 Å². The highest BCUT2D eigenvalue weighted by molar-refractivity contribution is 7.92. The second-order valence-corrected chi connectivity index (χ2v) is 6.60. The van der Waals surface area contributed by atoms with Crippen LogP contribution < -0.4 is 4.72 Å². The second kappa shape index (κ2) is 6.21. The molecule has 23 heavy (non-hydrogen) atoms. The first-order valence-corrected chi connectivity index (χ1v) is 8.37. The molecular formula is C16H14FN3O2S. The summed E-state index contributed by atoms with van der Waals surface area (Å²) < 4.78 is 42.0. The monoisotopic (exact) mass is 331 g/mol. The van der Waals surface area contributed by atoms with Gasteiger partial charge in [-0.05, 0) is 42.0 Å². The normalized spacial score (nSPS) is 11.3. The zero-order valence-corrected chi connectivity index (χ0v) is 12.9. The molecule has 0 atom stereocenters. The maximum absolute atomic E-state index is 13.0. The van der Waals surface area contributed by atoms with Crippen molar-refractivity contribution in [3.63, 3.8) is 0 Å². The van der Waals surface area contributed by atoms with Crippen LogP contribution in [0.5, 0.6) is 0 Å². The maximum atomic E-state index is 13.0. The van der Waals surface area contributed by atoms with Crippen molar-refractivity contribution in [1.82, 2.24) is 9.78 Å². The van der Waals surface area contributed by atoms with Gasteiger partial charge in [-0.25, -0.2) is 12.8 Å². The molecule has 2 aromatic carbocycles. The predicted octanol–water partition coefficient (Wildman–Crippen LogP) is 2.87. The lowest BCUT2D eigenvalue weighted by molar-refractivity contribution is 0.599. The SMILES string of the molecule is O=S(=O)(Nc1ccccc1Cn1cccn1)c1ccc(F)cc1. The number of benzene rings is 2. The van der Waals surface area contributed by atoms with E-state index in [0.29, 0.717) is 12.2 Å². The minimum Gasteiger partial charge on any atom is -0.279 e. The van der Waals surface area contributed by atoms with Gasteiger partial charge >= 0.3 is 0 Å². The molecule has 0 saturated heterocycles. The largest absolute Gasteiger partial charge is 0.279 e. The molecule has 0 saturated carbocycles. The molecule has 1 aromatic heterocycles. The lowest BCUT2D eigenvalue weighted by atomic mass is 10.2. The Labute approximate surface area is 133 Å². The van der Waals surface area contributed by atoms with E-state index in [4.69, 9.17) is 0 Å². The summed E-state index contributed by atoms with van der Waals surface area (Å²) in [5.41, 5.74) is 1.24. The minimum atomic E-state index is -3.78. The Morgan fingerprint density at radius 3 is 2.48 bits per heavy atom. The quantitative estimate of drug-likeness (QED) is 0.782. The number of nitrogens with one attached hydrogen (secondary N) is 1. The molecule has 0 amide bonds. The average molecular weight is 331 g/mol. The molecule has 0 fully saturated rings. The van der Waals surface area contributed by atoms with Crippen LogP contribution in [0.3, 0.4) is 0 Å². The van der Waals surface area contributed by atoms with Crippen molar-refractivity contribution in [2.24, 2.45) is 0 Å². The third-order valence-electron chi connectivity index (χ3n) is 3.28. The van der Waals surface area contributed by atoms with Gasteiger partial charge in [0.2, 0.25) is 0 Å². The molecular weight excluding hydrogens is 317 g/mol. The van der Waals surface area contributed by atoms with E-state index in [-0.39, 0.29) is 4.90 Å². The van der Waals surface area contributed by atoms with Gasteiger partial charge in [0.1, 0.15) is 5.82 Å². The molecule has 3 rings (SSSR count). The first-order valence-electron chi connectivity index (χ1n) is 6.88. The average Bonchev–Trinajstić information content (AvgIpc) is 3.02. The Morgan fingerprint density at radius 2 is 1.78 bits per heavy atom. The number of hydrogen-bond acceptors (Lipinski definition) is 3. The molecule has 0 aliphatic carbocycles. The van der Waals surface area contributed by atoms with Gasteiger partial charge in [-0.1, -0.05) is 18.2 Å². The topological polar surface area (TPSA) is 64.0 Å². The third-order valence-corrected chi connectivity index (χ3v) is 4.66. The molecule has 0 aliphatic heterocycles. The van der Waals surface area contributed by atoms with Gasteiger partial charge in [-0.15, -0.1) is 0 Å². The van der Waals surface area contributed by atoms with Gasteiger partial charge in [-0.2, -0.15) is 5.10 Å². The zero-order valence-electron chi connectivity index (χ0n) is 12.1. The molecule has 0 aliphatic rings. The van der Waals surface area contributed by atoms with Crippen molar-refractivity contribution in [3.05, 3.63) is 78.4 Å². The van der Waals surface area contributed by atoms with E-state index in [9.17, 15) is 12.8 Å². The minimum absolute atomic E-state index is 0.00722. The maximum Gasteiger partial charge on any atom is 0.261 e. The fourth-order valence-electron chi connectivity index (χ4n) is 2.14. The second-order valence-electron chi connectivity index (χ2n) is 4.92. The summed E-state index contributed by atoms with van der Waals surface area (Å²) in [5, 5.41) is 4.11. The van der Waals surface area contributed by atoms with E-state index < -0.39 is 15.8 Å². The highest BCUT2D eigenvalue weighted by Gasteiger charge is 2.16. The first kappa shape index (κ1) is 15.2. The fourth-order valence-corrected chi connectivity index (χ4v) is 3.24. The van der Waals surface area contributed by atoms with Crippen molar-refractivity contribution in [3.8, 4) is 0 Å². The molecule has 3 aromatic rings. The summed E-state index contributed by atoms with van der Waals surface area (Å²) in [7, 11) is -3.78. The van der Waals surface area contributed by atoms with E-state index in [1.807, 2.05) is 12.1 Å². The standard InChI is InChI=1S/C16H14FN3O2S/c17-14-6-8-15(9-7-14)23(21,22)19-16-5-2-1-4-13(16)12-20-11-3-10-18-20/h1-11,19H,12H2. The van der Waals surface area contributed by atoms with Crippen molar-refractivity contribution < 1.29 is 12.8 Å². The summed E-state index contributed by atoms with van der Waals surface area (Å²) in [5.74, 6) is -0.483. The van der Waals surface area contributed by atoms with E-state index in [2.05, 4.69) is 9.82 Å². The van der Waals surface area contributed by atoms with Gasteiger partial charge in [0, 0.05) is 12.4 Å². The number of hydrogen-bond donors (Lipinski definition) is 1. The molecule has 0 unspecified atom stereocenters. The molecule has 0 spiro atoms. The number of halogens is 1. The van der Waals surface area contributed by atoms with Crippen LogP contribution in [0, 0.1) is 5.82 Å². The highest BCUT2D eigenvalue weighted by atomic mass is 32.2. The number of sulfonamides is 1. The summed E-state index contributed by atoms with van der Waals surface area (Å²) in [6, 6.07) is 13.6. The van der Waals surface area contributed by atoms with Crippen LogP contribution >= 0.6 is 0 Å². The molecule has 0 bridgehead atoms. The Hall–Kier alpha value is -2.67. The van der Waals surface area contributed by atoms with Crippen molar-refractivity contribution in [2.75, 3.05) is 4.72 Å². The first-order chi connectivity index (χ1) is 11.0. The van der Waals surface area contributed by atoms with Gasteiger partial charge < -0.3 is 0 Å². The molecule has 118 valence electrons. The van der Waals surface area contributed by atoms with Crippen LogP contribution in [-0.4, -0.2) is 18.2 Å². The predicted molar refractivity (Wildman–Crippen MR) is 85.0 cm³/mol. The third kappa shape index (κ3) is 3.57. The van der Waals surface area contributed by atoms with Gasteiger partial charge in [0.15, 0.2) is 0 Å². The van der Waals surface area contributed by atoms with Crippen LogP contribution in [0.2, 0.25) is 0 Å². The summed E-state index contributed by atoms with van der Waals surface area (Å²) >= 11 is 0. The Morgan fingerprint density at radius 1 is 1.04 bits per heavy atom. The Balaban J connectivity index is 1.89. The van der Waals surface area contributed by atoms with Gasteiger partial charge in [0.25, 0.3) is 10.0 Å². The number of para-hydroxylation sites is 1. The lowest BCUT2D eigenvalue weighted by Crippen LogP contribution is -2.15. The Bertz CT molecular complexity index is 891. The summed E-state index contributed by atoms with van der Waals surface area (Å²) in [4.78, 5) is 0.00722.